The molecule has 0 aliphatic heterocycles. The van der Waals surface area contributed by atoms with Crippen molar-refractivity contribution in [2.24, 2.45) is 0 Å². The Morgan fingerprint density at radius 2 is 2.31 bits per heavy atom. The van der Waals surface area contributed by atoms with Crippen molar-refractivity contribution in [1.29, 1.82) is 0 Å². The molecule has 0 saturated carbocycles. The first-order valence-electron chi connectivity index (χ1n) is 4.75. The predicted octanol–water partition coefficient (Wildman–Crippen LogP) is 4.48. The molecule has 16 heavy (non-hydrogen) atoms. The third-order valence-electron chi connectivity index (χ3n) is 2.05. The number of hydrogen-bond acceptors (Lipinski definition) is 3. The SMILES string of the molecule is Cc1cnc(NCc2ccc(Cl)c(Br)c2)s1. The van der Waals surface area contributed by atoms with E-state index in [1.807, 2.05) is 31.3 Å². The second-order valence-electron chi connectivity index (χ2n) is 3.38. The highest BCUT2D eigenvalue weighted by atomic mass is 79.9. The lowest BCUT2D eigenvalue weighted by Crippen LogP contribution is -1.98. The molecule has 1 aromatic carbocycles. The minimum atomic E-state index is 0.730. The van der Waals surface area contributed by atoms with Gasteiger partial charge in [-0.15, -0.1) is 11.3 Å². The number of benzene rings is 1. The predicted molar refractivity (Wildman–Crippen MR) is 73.3 cm³/mol. The van der Waals surface area contributed by atoms with E-state index in [-0.39, 0.29) is 0 Å². The third-order valence-corrected chi connectivity index (χ3v) is 4.13. The Morgan fingerprint density at radius 3 is 2.94 bits per heavy atom. The molecule has 5 heteroatoms. The molecule has 0 fully saturated rings. The molecule has 2 nitrogen and oxygen atoms in total. The number of halogens is 2. The summed E-state index contributed by atoms with van der Waals surface area (Å²) in [4.78, 5) is 5.45. The van der Waals surface area contributed by atoms with Gasteiger partial charge in [0.1, 0.15) is 0 Å². The van der Waals surface area contributed by atoms with Crippen molar-refractivity contribution in [3.05, 3.63) is 44.3 Å². The van der Waals surface area contributed by atoms with Crippen LogP contribution in [0.1, 0.15) is 10.4 Å². The van der Waals surface area contributed by atoms with Crippen LogP contribution < -0.4 is 5.32 Å². The zero-order valence-corrected chi connectivity index (χ0v) is 11.8. The number of thiazole rings is 1. The second kappa shape index (κ2) is 5.17. The molecule has 1 heterocycles. The number of nitrogens with zero attached hydrogens (tertiary/aromatic N) is 1. The van der Waals surface area contributed by atoms with Gasteiger partial charge in [-0.1, -0.05) is 17.7 Å². The number of hydrogen-bond donors (Lipinski definition) is 1. The molecule has 0 aliphatic carbocycles. The van der Waals surface area contributed by atoms with Crippen molar-refractivity contribution in [2.45, 2.75) is 13.5 Å². The van der Waals surface area contributed by atoms with E-state index in [9.17, 15) is 0 Å². The maximum atomic E-state index is 5.92. The molecule has 0 bridgehead atoms. The van der Waals surface area contributed by atoms with Gasteiger partial charge in [0.2, 0.25) is 0 Å². The van der Waals surface area contributed by atoms with Crippen molar-refractivity contribution in [3.8, 4) is 0 Å². The van der Waals surface area contributed by atoms with Crippen molar-refractivity contribution < 1.29 is 0 Å². The van der Waals surface area contributed by atoms with Crippen LogP contribution in [0.5, 0.6) is 0 Å². The first-order valence-corrected chi connectivity index (χ1v) is 6.74. The topological polar surface area (TPSA) is 24.9 Å². The van der Waals surface area contributed by atoms with Gasteiger partial charge >= 0.3 is 0 Å². The molecule has 0 unspecified atom stereocenters. The Labute approximate surface area is 112 Å². The van der Waals surface area contributed by atoms with Crippen molar-refractivity contribution in [2.75, 3.05) is 5.32 Å². The molecule has 1 N–H and O–H groups in total. The maximum Gasteiger partial charge on any atom is 0.183 e. The first kappa shape index (κ1) is 11.9. The van der Waals surface area contributed by atoms with E-state index in [0.29, 0.717) is 0 Å². The van der Waals surface area contributed by atoms with Crippen molar-refractivity contribution in [1.82, 2.24) is 4.98 Å². The van der Waals surface area contributed by atoms with Crippen LogP contribution in [0.15, 0.2) is 28.9 Å². The molecule has 0 saturated heterocycles. The summed E-state index contributed by atoms with van der Waals surface area (Å²) in [5, 5.41) is 4.95. The summed E-state index contributed by atoms with van der Waals surface area (Å²) in [7, 11) is 0. The highest BCUT2D eigenvalue weighted by Gasteiger charge is 2.01. The minimum Gasteiger partial charge on any atom is -0.357 e. The molecule has 0 amide bonds. The van der Waals surface area contributed by atoms with E-state index in [0.717, 1.165) is 21.2 Å². The number of nitrogens with one attached hydrogen (secondary N) is 1. The van der Waals surface area contributed by atoms with Gasteiger partial charge in [0.05, 0.1) is 5.02 Å². The van der Waals surface area contributed by atoms with Gasteiger partial charge in [0.15, 0.2) is 5.13 Å². The smallest absolute Gasteiger partial charge is 0.183 e. The Hall–Kier alpha value is -0.580. The molecule has 0 atom stereocenters. The standard InChI is InChI=1S/C11H10BrClN2S/c1-7-5-14-11(16-7)15-6-8-2-3-10(13)9(12)4-8/h2-5H,6H2,1H3,(H,14,15). The fraction of sp³-hybridized carbons (Fsp3) is 0.182. The molecule has 2 aromatic rings. The van der Waals surface area contributed by atoms with Gasteiger partial charge in [-0.05, 0) is 40.5 Å². The highest BCUT2D eigenvalue weighted by molar-refractivity contribution is 9.10. The van der Waals surface area contributed by atoms with E-state index in [1.165, 1.54) is 10.4 Å². The number of aromatic nitrogens is 1. The van der Waals surface area contributed by atoms with Crippen LogP contribution in [0.2, 0.25) is 5.02 Å². The van der Waals surface area contributed by atoms with E-state index >= 15 is 0 Å². The molecule has 0 spiro atoms. The Bertz CT molecular complexity index is 498. The molecular weight excluding hydrogens is 308 g/mol. The maximum absolute atomic E-state index is 5.92. The van der Waals surface area contributed by atoms with E-state index < -0.39 is 0 Å². The molecule has 0 aliphatic rings. The van der Waals surface area contributed by atoms with Crippen LogP contribution in [0.4, 0.5) is 5.13 Å². The Balaban J connectivity index is 2.02. The summed E-state index contributed by atoms with van der Waals surface area (Å²) in [6.07, 6.45) is 1.87. The van der Waals surface area contributed by atoms with Gasteiger partial charge in [0, 0.05) is 22.1 Å². The monoisotopic (exact) mass is 316 g/mol. The van der Waals surface area contributed by atoms with Crippen LogP contribution in [-0.4, -0.2) is 4.98 Å². The van der Waals surface area contributed by atoms with Crippen molar-refractivity contribution >= 4 is 44.0 Å². The van der Waals surface area contributed by atoms with Gasteiger partial charge in [-0.25, -0.2) is 4.98 Å². The lowest BCUT2D eigenvalue weighted by molar-refractivity contribution is 1.13. The minimum absolute atomic E-state index is 0.730. The molecular formula is C11H10BrClN2S. The fourth-order valence-electron chi connectivity index (χ4n) is 1.26. The number of aryl methyl sites for hydroxylation is 1. The van der Waals surface area contributed by atoms with Gasteiger partial charge < -0.3 is 5.32 Å². The summed E-state index contributed by atoms with van der Waals surface area (Å²) in [5.41, 5.74) is 1.17. The Morgan fingerprint density at radius 1 is 1.50 bits per heavy atom. The molecule has 2 rings (SSSR count). The zero-order valence-electron chi connectivity index (χ0n) is 8.63. The zero-order chi connectivity index (χ0) is 11.5. The quantitative estimate of drug-likeness (QED) is 0.903. The molecule has 0 radical (unpaired) electrons. The van der Waals surface area contributed by atoms with Gasteiger partial charge in [0.25, 0.3) is 0 Å². The van der Waals surface area contributed by atoms with Gasteiger partial charge in [-0.3, -0.25) is 0 Å². The second-order valence-corrected chi connectivity index (χ2v) is 5.87. The van der Waals surface area contributed by atoms with E-state index in [1.54, 1.807) is 11.3 Å². The summed E-state index contributed by atoms with van der Waals surface area (Å²) >= 11 is 11.0. The van der Waals surface area contributed by atoms with E-state index in [2.05, 4.69) is 26.2 Å². The average Bonchev–Trinajstić information content (AvgIpc) is 2.66. The number of rotatable bonds is 3. The average molecular weight is 318 g/mol. The molecule has 84 valence electrons. The fourth-order valence-corrected chi connectivity index (χ4v) is 2.47. The van der Waals surface area contributed by atoms with Crippen LogP contribution in [0.25, 0.3) is 0 Å². The Kier molecular flexibility index (Phi) is 3.84. The summed E-state index contributed by atoms with van der Waals surface area (Å²) < 4.78 is 0.920. The highest BCUT2D eigenvalue weighted by Crippen LogP contribution is 2.24. The largest absolute Gasteiger partial charge is 0.357 e. The lowest BCUT2D eigenvalue weighted by Gasteiger charge is -2.04. The third kappa shape index (κ3) is 2.97. The molecule has 1 aromatic heterocycles. The summed E-state index contributed by atoms with van der Waals surface area (Å²) in [6, 6.07) is 5.89. The first-order chi connectivity index (χ1) is 7.65. The lowest BCUT2D eigenvalue weighted by atomic mass is 10.2. The normalized spacial score (nSPS) is 10.4. The number of anilines is 1. The van der Waals surface area contributed by atoms with Crippen LogP contribution >= 0.6 is 38.9 Å². The van der Waals surface area contributed by atoms with E-state index in [4.69, 9.17) is 11.6 Å². The summed E-state index contributed by atoms with van der Waals surface area (Å²) in [6.45, 7) is 2.80. The summed E-state index contributed by atoms with van der Waals surface area (Å²) in [5.74, 6) is 0. The van der Waals surface area contributed by atoms with Crippen molar-refractivity contribution in [3.63, 3.8) is 0 Å². The van der Waals surface area contributed by atoms with Crippen LogP contribution in [-0.2, 0) is 6.54 Å². The van der Waals surface area contributed by atoms with Crippen LogP contribution in [0, 0.1) is 6.92 Å². The van der Waals surface area contributed by atoms with Crippen LogP contribution in [0.3, 0.4) is 0 Å². The van der Waals surface area contributed by atoms with Gasteiger partial charge in [-0.2, -0.15) is 0 Å².